The Morgan fingerprint density at radius 2 is 2.13 bits per heavy atom. The first-order valence-electron chi connectivity index (χ1n) is 6.78. The second-order valence-electron chi connectivity index (χ2n) is 4.71. The summed E-state index contributed by atoms with van der Waals surface area (Å²) in [6, 6.07) is 11.9. The molecular formula is C16H13ClFN3OS. The van der Waals surface area contributed by atoms with Gasteiger partial charge in [-0.1, -0.05) is 29.4 Å². The Morgan fingerprint density at radius 3 is 2.91 bits per heavy atom. The fourth-order valence-electron chi connectivity index (χ4n) is 2.13. The minimum absolute atomic E-state index is 0.294. The third-order valence-corrected chi connectivity index (χ3v) is 4.43. The van der Waals surface area contributed by atoms with E-state index in [1.165, 1.54) is 23.9 Å². The van der Waals surface area contributed by atoms with Crippen LogP contribution in [-0.2, 0) is 5.75 Å². The SMILES string of the molecule is COc1ccc(F)cc1CSc1nncn1-c1cccc(Cl)c1. The van der Waals surface area contributed by atoms with Gasteiger partial charge < -0.3 is 4.74 Å². The lowest BCUT2D eigenvalue weighted by atomic mass is 10.2. The predicted octanol–water partition coefficient (Wildman–Crippen LogP) is 4.36. The molecule has 7 heteroatoms. The highest BCUT2D eigenvalue weighted by Crippen LogP contribution is 2.29. The van der Waals surface area contributed by atoms with E-state index in [4.69, 9.17) is 16.3 Å². The van der Waals surface area contributed by atoms with Crippen molar-refractivity contribution in [3.63, 3.8) is 0 Å². The van der Waals surface area contributed by atoms with Crippen LogP contribution in [0, 0.1) is 5.82 Å². The van der Waals surface area contributed by atoms with Crippen LogP contribution < -0.4 is 4.74 Å². The van der Waals surface area contributed by atoms with E-state index in [9.17, 15) is 4.39 Å². The minimum Gasteiger partial charge on any atom is -0.496 e. The number of benzene rings is 2. The van der Waals surface area contributed by atoms with Crippen LogP contribution in [-0.4, -0.2) is 21.9 Å². The first-order valence-corrected chi connectivity index (χ1v) is 8.15. The first kappa shape index (κ1) is 15.8. The van der Waals surface area contributed by atoms with Crippen molar-refractivity contribution in [3.05, 3.63) is 65.2 Å². The summed E-state index contributed by atoms with van der Waals surface area (Å²) in [6.07, 6.45) is 1.62. The Labute approximate surface area is 142 Å². The van der Waals surface area contributed by atoms with Crippen LogP contribution in [0.5, 0.6) is 5.75 Å². The van der Waals surface area contributed by atoms with E-state index in [0.29, 0.717) is 21.7 Å². The second-order valence-corrected chi connectivity index (χ2v) is 6.09. The number of nitrogens with zero attached hydrogens (tertiary/aromatic N) is 3. The first-order chi connectivity index (χ1) is 11.2. The van der Waals surface area contributed by atoms with Gasteiger partial charge in [0.05, 0.1) is 12.8 Å². The van der Waals surface area contributed by atoms with Crippen LogP contribution in [0.4, 0.5) is 4.39 Å². The zero-order valence-corrected chi connectivity index (χ0v) is 13.8. The molecule has 0 spiro atoms. The van der Waals surface area contributed by atoms with Crippen LogP contribution in [0.1, 0.15) is 5.56 Å². The lowest BCUT2D eigenvalue weighted by Crippen LogP contribution is -1.96. The molecule has 0 saturated heterocycles. The number of aromatic nitrogens is 3. The van der Waals surface area contributed by atoms with Crippen molar-refractivity contribution in [2.45, 2.75) is 10.9 Å². The van der Waals surface area contributed by atoms with Gasteiger partial charge in [-0.25, -0.2) is 4.39 Å². The van der Waals surface area contributed by atoms with E-state index >= 15 is 0 Å². The van der Waals surface area contributed by atoms with Gasteiger partial charge in [0.1, 0.15) is 17.9 Å². The molecule has 3 rings (SSSR count). The largest absolute Gasteiger partial charge is 0.496 e. The van der Waals surface area contributed by atoms with Gasteiger partial charge in [-0.2, -0.15) is 0 Å². The summed E-state index contributed by atoms with van der Waals surface area (Å²) in [4.78, 5) is 0. The Kier molecular flexibility index (Phi) is 4.83. The van der Waals surface area contributed by atoms with E-state index in [2.05, 4.69) is 10.2 Å². The molecule has 0 aliphatic rings. The molecule has 0 atom stereocenters. The van der Waals surface area contributed by atoms with E-state index < -0.39 is 0 Å². The van der Waals surface area contributed by atoms with Crippen molar-refractivity contribution in [2.75, 3.05) is 7.11 Å². The normalized spacial score (nSPS) is 10.7. The van der Waals surface area contributed by atoms with Crippen molar-refractivity contribution < 1.29 is 9.13 Å². The summed E-state index contributed by atoms with van der Waals surface area (Å²) < 4.78 is 20.5. The molecule has 0 aliphatic carbocycles. The molecule has 0 aliphatic heterocycles. The van der Waals surface area contributed by atoms with Crippen LogP contribution >= 0.6 is 23.4 Å². The van der Waals surface area contributed by atoms with Gasteiger partial charge in [0.15, 0.2) is 5.16 Å². The minimum atomic E-state index is -0.294. The highest BCUT2D eigenvalue weighted by Gasteiger charge is 2.11. The summed E-state index contributed by atoms with van der Waals surface area (Å²) in [7, 11) is 1.57. The molecule has 118 valence electrons. The monoisotopic (exact) mass is 349 g/mol. The fraction of sp³-hybridized carbons (Fsp3) is 0.125. The summed E-state index contributed by atoms with van der Waals surface area (Å²) in [5.74, 6) is 0.866. The summed E-state index contributed by atoms with van der Waals surface area (Å²) in [6.45, 7) is 0. The lowest BCUT2D eigenvalue weighted by Gasteiger charge is -2.09. The zero-order valence-electron chi connectivity index (χ0n) is 12.2. The third-order valence-electron chi connectivity index (χ3n) is 3.20. The van der Waals surface area contributed by atoms with Crippen LogP contribution in [0.15, 0.2) is 53.9 Å². The number of ether oxygens (including phenoxy) is 1. The van der Waals surface area contributed by atoms with E-state index in [1.54, 1.807) is 25.6 Å². The third kappa shape index (κ3) is 3.65. The molecule has 1 aromatic heterocycles. The zero-order chi connectivity index (χ0) is 16.2. The lowest BCUT2D eigenvalue weighted by molar-refractivity contribution is 0.410. The Balaban J connectivity index is 1.83. The van der Waals surface area contributed by atoms with Crippen LogP contribution in [0.3, 0.4) is 0 Å². The van der Waals surface area contributed by atoms with Gasteiger partial charge in [-0.05, 0) is 36.4 Å². The number of hydrogen-bond acceptors (Lipinski definition) is 4. The van der Waals surface area contributed by atoms with Crippen molar-refractivity contribution in [2.24, 2.45) is 0 Å². The molecule has 23 heavy (non-hydrogen) atoms. The molecule has 4 nitrogen and oxygen atoms in total. The maximum Gasteiger partial charge on any atom is 0.195 e. The smallest absolute Gasteiger partial charge is 0.195 e. The number of halogens is 2. The summed E-state index contributed by atoms with van der Waals surface area (Å²) >= 11 is 7.47. The molecule has 0 saturated carbocycles. The molecule has 0 fully saturated rings. The Morgan fingerprint density at radius 1 is 1.26 bits per heavy atom. The highest BCUT2D eigenvalue weighted by molar-refractivity contribution is 7.98. The number of rotatable bonds is 5. The topological polar surface area (TPSA) is 39.9 Å². The highest BCUT2D eigenvalue weighted by atomic mass is 35.5. The quantitative estimate of drug-likeness (QED) is 0.642. The van der Waals surface area contributed by atoms with Crippen molar-refractivity contribution >= 4 is 23.4 Å². The molecule has 0 amide bonds. The summed E-state index contributed by atoms with van der Waals surface area (Å²) in [5.41, 5.74) is 1.63. The molecule has 3 aromatic rings. The van der Waals surface area contributed by atoms with Crippen molar-refractivity contribution in [1.29, 1.82) is 0 Å². The summed E-state index contributed by atoms with van der Waals surface area (Å²) in [5, 5.41) is 9.39. The van der Waals surface area contributed by atoms with Gasteiger partial charge in [-0.3, -0.25) is 4.57 Å². The van der Waals surface area contributed by atoms with Crippen molar-refractivity contribution in [3.8, 4) is 11.4 Å². The van der Waals surface area contributed by atoms with Gasteiger partial charge in [0.25, 0.3) is 0 Å². The average Bonchev–Trinajstić information content (AvgIpc) is 3.01. The molecule has 1 heterocycles. The number of thioether (sulfide) groups is 1. The standard InChI is InChI=1S/C16H13ClFN3OS/c1-22-15-6-5-13(18)7-11(15)9-23-16-20-19-10-21(16)14-4-2-3-12(17)8-14/h2-8,10H,9H2,1H3. The number of methoxy groups -OCH3 is 1. The average molecular weight is 350 g/mol. The van der Waals surface area contributed by atoms with Gasteiger partial charge in [-0.15, -0.1) is 10.2 Å². The predicted molar refractivity (Wildman–Crippen MR) is 88.9 cm³/mol. The maximum atomic E-state index is 13.4. The van der Waals surface area contributed by atoms with E-state index in [0.717, 1.165) is 11.3 Å². The fourth-order valence-corrected chi connectivity index (χ4v) is 3.22. The Hall–Kier alpha value is -2.05. The molecule has 0 unspecified atom stereocenters. The van der Waals surface area contributed by atoms with E-state index in [-0.39, 0.29) is 5.82 Å². The molecule has 2 aromatic carbocycles. The van der Waals surface area contributed by atoms with Gasteiger partial charge in [0, 0.05) is 16.3 Å². The van der Waals surface area contributed by atoms with Gasteiger partial charge >= 0.3 is 0 Å². The van der Waals surface area contributed by atoms with Gasteiger partial charge in [0.2, 0.25) is 0 Å². The molecular weight excluding hydrogens is 337 g/mol. The maximum absolute atomic E-state index is 13.4. The molecule has 0 N–H and O–H groups in total. The second kappa shape index (κ2) is 7.02. The van der Waals surface area contributed by atoms with Crippen molar-refractivity contribution in [1.82, 2.24) is 14.8 Å². The van der Waals surface area contributed by atoms with Crippen LogP contribution in [0.25, 0.3) is 5.69 Å². The Bertz CT molecular complexity index is 825. The van der Waals surface area contributed by atoms with E-state index in [1.807, 2.05) is 22.8 Å². The molecule has 0 bridgehead atoms. The molecule has 0 radical (unpaired) electrons. The van der Waals surface area contributed by atoms with Crippen LogP contribution in [0.2, 0.25) is 5.02 Å². The number of hydrogen-bond donors (Lipinski definition) is 0.